The standard InChI is InChI=1S/C48H91O4P/c1-7-9-11-13-15-17-19-21-23-25-27-29-31-33-35-37-39-43-41-42-45(48(6,49)53(50,51)52)46(47(3,4)5)44(43)40-38-36-34-32-30-28-26-24-22-20-18-16-14-12-10-8-2/h41-42,49H,7-40H2,1-6H3,(H2,50,51,52)/t48-/m0/s1. The molecule has 0 spiro atoms. The van der Waals surface area contributed by atoms with E-state index in [0.717, 1.165) is 31.2 Å². The highest BCUT2D eigenvalue weighted by molar-refractivity contribution is 7.52. The topological polar surface area (TPSA) is 77.8 Å². The Bertz CT molecular complexity index is 1050. The van der Waals surface area contributed by atoms with Gasteiger partial charge in [0.1, 0.15) is 0 Å². The van der Waals surface area contributed by atoms with Crippen molar-refractivity contribution in [2.75, 3.05) is 0 Å². The van der Waals surface area contributed by atoms with Crippen LogP contribution in [0, 0.1) is 0 Å². The van der Waals surface area contributed by atoms with Crippen molar-refractivity contribution >= 4 is 7.60 Å². The van der Waals surface area contributed by atoms with Gasteiger partial charge in [-0.1, -0.05) is 239 Å². The van der Waals surface area contributed by atoms with Crippen molar-refractivity contribution in [3.05, 3.63) is 34.4 Å². The van der Waals surface area contributed by atoms with Crippen molar-refractivity contribution in [2.45, 2.75) is 271 Å². The number of hydrogen-bond donors (Lipinski definition) is 3. The van der Waals surface area contributed by atoms with Crippen LogP contribution in [0.4, 0.5) is 0 Å². The molecule has 0 aliphatic heterocycles. The van der Waals surface area contributed by atoms with Crippen molar-refractivity contribution in [3.63, 3.8) is 0 Å². The van der Waals surface area contributed by atoms with E-state index < -0.39 is 12.9 Å². The first-order valence-electron chi connectivity index (χ1n) is 23.3. The molecule has 0 bridgehead atoms. The monoisotopic (exact) mass is 763 g/mol. The van der Waals surface area contributed by atoms with Gasteiger partial charge in [0.2, 0.25) is 0 Å². The van der Waals surface area contributed by atoms with Crippen LogP contribution >= 0.6 is 7.60 Å². The maximum absolute atomic E-state index is 12.5. The van der Waals surface area contributed by atoms with Gasteiger partial charge in [0.15, 0.2) is 5.34 Å². The minimum absolute atomic E-state index is 0.344. The predicted octanol–water partition coefficient (Wildman–Crippen LogP) is 15.9. The van der Waals surface area contributed by atoms with Gasteiger partial charge in [-0.05, 0) is 60.3 Å². The zero-order valence-electron chi connectivity index (χ0n) is 36.4. The lowest BCUT2D eigenvalue weighted by atomic mass is 9.76. The van der Waals surface area contributed by atoms with E-state index in [2.05, 4.69) is 40.7 Å². The summed E-state index contributed by atoms with van der Waals surface area (Å²) in [6.07, 6.45) is 45.1. The summed E-state index contributed by atoms with van der Waals surface area (Å²) in [5.74, 6) is 0. The van der Waals surface area contributed by atoms with Crippen LogP contribution < -0.4 is 0 Å². The van der Waals surface area contributed by atoms with Crippen LogP contribution in [-0.2, 0) is 28.2 Å². The Morgan fingerprint density at radius 1 is 0.453 bits per heavy atom. The van der Waals surface area contributed by atoms with Gasteiger partial charge < -0.3 is 14.9 Å². The second-order valence-corrected chi connectivity index (χ2v) is 20.0. The van der Waals surface area contributed by atoms with E-state index in [9.17, 15) is 19.5 Å². The van der Waals surface area contributed by atoms with Crippen LogP contribution in [0.25, 0.3) is 0 Å². The Morgan fingerprint density at radius 2 is 0.736 bits per heavy atom. The molecular formula is C48H91O4P. The molecule has 0 aliphatic rings. The van der Waals surface area contributed by atoms with Gasteiger partial charge in [0.05, 0.1) is 0 Å². The molecule has 1 aromatic rings. The molecule has 0 aromatic heterocycles. The fourth-order valence-corrected chi connectivity index (χ4v) is 8.83. The molecule has 0 amide bonds. The molecule has 0 unspecified atom stereocenters. The van der Waals surface area contributed by atoms with E-state index in [-0.39, 0.29) is 5.41 Å². The Hall–Kier alpha value is -0.670. The number of aryl methyl sites for hydroxylation is 1. The van der Waals surface area contributed by atoms with E-state index in [1.165, 1.54) is 211 Å². The Balaban J connectivity index is 2.56. The third-order valence-corrected chi connectivity index (χ3v) is 13.2. The lowest BCUT2D eigenvalue weighted by Crippen LogP contribution is -2.29. The normalized spacial score (nSPS) is 13.5. The van der Waals surface area contributed by atoms with Gasteiger partial charge in [-0.3, -0.25) is 4.57 Å². The smallest absolute Gasteiger partial charge is 0.361 e. The van der Waals surface area contributed by atoms with E-state index in [1.807, 2.05) is 6.07 Å². The van der Waals surface area contributed by atoms with E-state index in [4.69, 9.17) is 0 Å². The number of rotatable bonds is 36. The maximum atomic E-state index is 12.5. The average molecular weight is 763 g/mol. The van der Waals surface area contributed by atoms with Gasteiger partial charge in [-0.2, -0.15) is 0 Å². The van der Waals surface area contributed by atoms with Crippen molar-refractivity contribution < 1.29 is 19.5 Å². The molecule has 4 nitrogen and oxygen atoms in total. The minimum atomic E-state index is -4.79. The third-order valence-electron chi connectivity index (χ3n) is 11.8. The SMILES string of the molecule is CCCCCCCCCCCCCCCCCCc1ccc([C@@](C)(O)P(=O)(O)O)c(C(C)(C)C)c1CCCCCCCCCCCCCCCCCC. The molecule has 0 heterocycles. The number of hydrogen-bond acceptors (Lipinski definition) is 2. The van der Waals surface area contributed by atoms with Crippen LogP contribution in [0.2, 0.25) is 0 Å². The van der Waals surface area contributed by atoms with Crippen molar-refractivity contribution in [1.29, 1.82) is 0 Å². The molecule has 0 aliphatic carbocycles. The summed E-state index contributed by atoms with van der Waals surface area (Å²) in [5, 5.41) is 9.05. The number of benzene rings is 1. The van der Waals surface area contributed by atoms with Crippen molar-refractivity contribution in [1.82, 2.24) is 0 Å². The van der Waals surface area contributed by atoms with Gasteiger partial charge in [-0.25, -0.2) is 0 Å². The fraction of sp³-hybridized carbons (Fsp3) is 0.875. The molecule has 0 fully saturated rings. The van der Waals surface area contributed by atoms with Crippen LogP contribution in [0.1, 0.15) is 269 Å². The molecule has 0 radical (unpaired) electrons. The first-order valence-corrected chi connectivity index (χ1v) is 24.9. The molecule has 0 saturated carbocycles. The Morgan fingerprint density at radius 3 is 1.02 bits per heavy atom. The highest BCUT2D eigenvalue weighted by Gasteiger charge is 2.45. The van der Waals surface area contributed by atoms with E-state index >= 15 is 0 Å². The number of aliphatic hydroxyl groups is 1. The third kappa shape index (κ3) is 23.2. The summed E-state index contributed by atoms with van der Waals surface area (Å²) in [6.45, 7) is 12.2. The minimum Gasteiger partial charge on any atom is -0.373 e. The van der Waals surface area contributed by atoms with Crippen LogP contribution in [-0.4, -0.2) is 14.9 Å². The molecule has 1 atom stereocenters. The van der Waals surface area contributed by atoms with Gasteiger partial charge in [0.25, 0.3) is 0 Å². The first kappa shape index (κ1) is 50.3. The molecule has 1 aromatic carbocycles. The summed E-state index contributed by atoms with van der Waals surface area (Å²) in [6, 6.07) is 3.89. The molecule has 5 heteroatoms. The quantitative estimate of drug-likeness (QED) is 0.0470. The van der Waals surface area contributed by atoms with E-state index in [0.29, 0.717) is 5.56 Å². The van der Waals surface area contributed by atoms with Crippen LogP contribution in [0.3, 0.4) is 0 Å². The van der Waals surface area contributed by atoms with Gasteiger partial charge in [0, 0.05) is 0 Å². The highest BCUT2D eigenvalue weighted by atomic mass is 31.2. The molecule has 312 valence electrons. The summed E-state index contributed by atoms with van der Waals surface area (Å²) in [7, 11) is -4.79. The summed E-state index contributed by atoms with van der Waals surface area (Å²) < 4.78 is 12.5. The summed E-state index contributed by atoms with van der Waals surface area (Å²) in [4.78, 5) is 20.4. The summed E-state index contributed by atoms with van der Waals surface area (Å²) >= 11 is 0. The maximum Gasteiger partial charge on any atom is 0.361 e. The zero-order valence-corrected chi connectivity index (χ0v) is 37.3. The van der Waals surface area contributed by atoms with Gasteiger partial charge >= 0.3 is 7.60 Å². The number of unbranched alkanes of at least 4 members (excludes halogenated alkanes) is 30. The van der Waals surface area contributed by atoms with Gasteiger partial charge in [-0.15, -0.1) is 0 Å². The molecule has 0 saturated heterocycles. The molecule has 3 N–H and O–H groups in total. The van der Waals surface area contributed by atoms with E-state index in [1.54, 1.807) is 0 Å². The highest BCUT2D eigenvalue weighted by Crippen LogP contribution is 2.57. The van der Waals surface area contributed by atoms with Crippen molar-refractivity contribution in [2.24, 2.45) is 0 Å². The summed E-state index contributed by atoms with van der Waals surface area (Å²) in [5.41, 5.74) is 3.55. The Kier molecular flexibility index (Phi) is 28.9. The average Bonchev–Trinajstić information content (AvgIpc) is 3.10. The zero-order chi connectivity index (χ0) is 39.3. The molecule has 53 heavy (non-hydrogen) atoms. The van der Waals surface area contributed by atoms with Crippen molar-refractivity contribution in [3.8, 4) is 0 Å². The lowest BCUT2D eigenvalue weighted by molar-refractivity contribution is 0.106. The predicted molar refractivity (Wildman–Crippen MR) is 233 cm³/mol. The molecular weight excluding hydrogens is 671 g/mol. The van der Waals surface area contributed by atoms with Crippen LogP contribution in [0.15, 0.2) is 12.1 Å². The largest absolute Gasteiger partial charge is 0.373 e. The second kappa shape index (κ2) is 30.5. The fourth-order valence-electron chi connectivity index (χ4n) is 8.33. The molecule has 1 rings (SSSR count). The lowest BCUT2D eigenvalue weighted by Gasteiger charge is -2.35. The Labute approximate surface area is 331 Å². The first-order chi connectivity index (χ1) is 25.4. The van der Waals surface area contributed by atoms with Crippen LogP contribution in [0.5, 0.6) is 0 Å². The second-order valence-electron chi connectivity index (χ2n) is 18.0.